The molecule has 11 heteroatoms. The van der Waals surface area contributed by atoms with Crippen molar-refractivity contribution in [3.8, 4) is 0 Å². The van der Waals surface area contributed by atoms with E-state index in [2.05, 4.69) is 6.92 Å². The summed E-state index contributed by atoms with van der Waals surface area (Å²) in [5.41, 5.74) is 0.166. The van der Waals surface area contributed by atoms with E-state index in [9.17, 15) is 24.0 Å². The van der Waals surface area contributed by atoms with Crippen LogP contribution < -0.4 is 0 Å². The van der Waals surface area contributed by atoms with E-state index in [1.54, 1.807) is 6.08 Å². The van der Waals surface area contributed by atoms with Crippen molar-refractivity contribution in [1.29, 1.82) is 0 Å². The molecule has 5 unspecified atom stereocenters. The van der Waals surface area contributed by atoms with Gasteiger partial charge < -0.3 is 28.4 Å². The van der Waals surface area contributed by atoms with Gasteiger partial charge in [-0.3, -0.25) is 24.0 Å². The highest BCUT2D eigenvalue weighted by molar-refractivity contribution is 5.96. The van der Waals surface area contributed by atoms with Crippen molar-refractivity contribution in [2.75, 3.05) is 6.61 Å². The van der Waals surface area contributed by atoms with Crippen LogP contribution in [0.25, 0.3) is 0 Å². The second-order valence-corrected chi connectivity index (χ2v) is 12.3. The minimum atomic E-state index is -1.30. The number of carbonyl (C=O) groups is 5. The molecule has 5 aliphatic rings. The normalized spacial score (nSPS) is 38.4. The van der Waals surface area contributed by atoms with Crippen molar-refractivity contribution in [1.82, 2.24) is 0 Å². The molecular weight excluding hydrogens is 524 g/mol. The Kier molecular flexibility index (Phi) is 8.21. The van der Waals surface area contributed by atoms with Crippen LogP contribution in [0.1, 0.15) is 68.2 Å². The van der Waals surface area contributed by atoms with Gasteiger partial charge in [0.05, 0.1) is 5.60 Å². The van der Waals surface area contributed by atoms with Crippen LogP contribution in [0.15, 0.2) is 11.6 Å². The van der Waals surface area contributed by atoms with E-state index in [-0.39, 0.29) is 41.5 Å². The molecule has 0 aromatic carbocycles. The van der Waals surface area contributed by atoms with Gasteiger partial charge in [0, 0.05) is 33.6 Å². The summed E-state index contributed by atoms with van der Waals surface area (Å²) in [5, 5.41) is 0. The fraction of sp³-hybridized carbons (Fsp3) is 0.759. The molecule has 222 valence electrons. The number of ether oxygens (including phenoxy) is 6. The maximum atomic E-state index is 13.0. The lowest BCUT2D eigenvalue weighted by Gasteiger charge is -2.70. The highest BCUT2D eigenvalue weighted by Gasteiger charge is 2.70. The molecule has 4 bridgehead atoms. The van der Waals surface area contributed by atoms with Crippen LogP contribution >= 0.6 is 0 Å². The molecule has 11 nitrogen and oxygen atoms in total. The van der Waals surface area contributed by atoms with Crippen molar-refractivity contribution in [2.45, 2.75) is 105 Å². The van der Waals surface area contributed by atoms with Crippen LogP contribution in [0, 0.1) is 29.1 Å². The van der Waals surface area contributed by atoms with Gasteiger partial charge in [-0.05, 0) is 62.9 Å². The molecule has 10 atom stereocenters. The van der Waals surface area contributed by atoms with Crippen LogP contribution in [0.4, 0.5) is 0 Å². The molecule has 1 saturated heterocycles. The zero-order chi connectivity index (χ0) is 29.7. The minimum Gasteiger partial charge on any atom is -0.463 e. The van der Waals surface area contributed by atoms with E-state index in [1.807, 2.05) is 20.8 Å². The molecule has 4 aliphatic carbocycles. The molecule has 3 saturated carbocycles. The minimum absolute atomic E-state index is 0.0243. The Hall–Kier alpha value is -2.79. The predicted molar refractivity (Wildman–Crippen MR) is 137 cm³/mol. The van der Waals surface area contributed by atoms with Crippen molar-refractivity contribution >= 4 is 29.7 Å². The zero-order valence-electron chi connectivity index (χ0n) is 24.4. The highest BCUT2D eigenvalue weighted by Crippen LogP contribution is 2.71. The Balaban J connectivity index is 1.66. The number of fused-ring (bicyclic) bond motifs is 2. The fourth-order valence-electron chi connectivity index (χ4n) is 7.80. The lowest BCUT2D eigenvalue weighted by Crippen LogP contribution is -2.70. The molecule has 5 rings (SSSR count). The number of esters is 4. The maximum absolute atomic E-state index is 13.0. The van der Waals surface area contributed by atoms with Crippen LogP contribution in [0.3, 0.4) is 0 Å². The molecule has 4 fully saturated rings. The van der Waals surface area contributed by atoms with Crippen molar-refractivity contribution in [2.24, 2.45) is 29.1 Å². The Morgan fingerprint density at radius 2 is 1.50 bits per heavy atom. The first kappa shape index (κ1) is 30.2. The maximum Gasteiger partial charge on any atom is 0.303 e. The van der Waals surface area contributed by atoms with Gasteiger partial charge in [-0.1, -0.05) is 12.5 Å². The van der Waals surface area contributed by atoms with Gasteiger partial charge in [0.1, 0.15) is 12.7 Å². The second kappa shape index (κ2) is 10.9. The summed E-state index contributed by atoms with van der Waals surface area (Å²) >= 11 is 0. The predicted octanol–water partition coefficient (Wildman–Crippen LogP) is 2.67. The van der Waals surface area contributed by atoms with Crippen molar-refractivity contribution in [3.63, 3.8) is 0 Å². The second-order valence-electron chi connectivity index (χ2n) is 12.3. The number of hydrogen-bond acceptors (Lipinski definition) is 11. The number of hydrogen-bond donors (Lipinski definition) is 0. The number of carbonyl (C=O) groups excluding carboxylic acids is 5. The lowest BCUT2D eigenvalue weighted by atomic mass is 9.34. The van der Waals surface area contributed by atoms with E-state index >= 15 is 0 Å². The molecule has 40 heavy (non-hydrogen) atoms. The summed E-state index contributed by atoms with van der Waals surface area (Å²) in [6.07, 6.45) is -2.74. The SMILES string of the molecule is CC(=O)OC[C@H]1O[C@@H](OC(C)(C)C2CCC3(C)C4C(=O)C=C(C)C3C24)[C@H](OC(C)=O)[C@@H](OC(C)=O)[C@@H]1OC(C)=O. The number of allylic oxidation sites excluding steroid dienone is 2. The number of rotatable bonds is 8. The third kappa shape index (κ3) is 5.42. The van der Waals surface area contributed by atoms with Gasteiger partial charge in [0.15, 0.2) is 30.4 Å². The summed E-state index contributed by atoms with van der Waals surface area (Å²) in [6.45, 7) is 12.4. The molecule has 0 aromatic rings. The van der Waals surface area contributed by atoms with Gasteiger partial charge in [-0.25, -0.2) is 0 Å². The van der Waals surface area contributed by atoms with Gasteiger partial charge in [0.2, 0.25) is 0 Å². The van der Waals surface area contributed by atoms with E-state index in [0.717, 1.165) is 18.4 Å². The van der Waals surface area contributed by atoms with Crippen molar-refractivity contribution in [3.05, 3.63) is 11.6 Å². The molecule has 0 amide bonds. The lowest BCUT2D eigenvalue weighted by molar-refractivity contribution is -0.340. The molecule has 0 spiro atoms. The third-order valence-corrected chi connectivity index (χ3v) is 9.08. The average Bonchev–Trinajstić information content (AvgIpc) is 2.80. The van der Waals surface area contributed by atoms with Crippen LogP contribution in [-0.2, 0) is 52.4 Å². The Labute approximate surface area is 234 Å². The Bertz CT molecular complexity index is 1110. The molecule has 0 N–H and O–H groups in total. The summed E-state index contributed by atoms with van der Waals surface area (Å²) in [6, 6.07) is 0. The average molecular weight is 565 g/mol. The van der Waals surface area contributed by atoms with E-state index in [0.29, 0.717) is 0 Å². The quantitative estimate of drug-likeness (QED) is 0.317. The van der Waals surface area contributed by atoms with Gasteiger partial charge >= 0.3 is 23.9 Å². The Morgan fingerprint density at radius 3 is 2.05 bits per heavy atom. The highest BCUT2D eigenvalue weighted by atomic mass is 16.7. The number of ketones is 1. The first-order valence-electron chi connectivity index (χ1n) is 13.8. The smallest absolute Gasteiger partial charge is 0.303 e. The first-order chi connectivity index (χ1) is 18.6. The monoisotopic (exact) mass is 564 g/mol. The Morgan fingerprint density at radius 1 is 0.925 bits per heavy atom. The molecular formula is C29H40O11. The third-order valence-electron chi connectivity index (χ3n) is 9.08. The van der Waals surface area contributed by atoms with Gasteiger partial charge in [-0.2, -0.15) is 0 Å². The summed E-state index contributed by atoms with van der Waals surface area (Å²) in [4.78, 5) is 60.9. The topological polar surface area (TPSA) is 141 Å². The molecule has 0 radical (unpaired) electrons. The zero-order valence-corrected chi connectivity index (χ0v) is 24.4. The van der Waals surface area contributed by atoms with Crippen molar-refractivity contribution < 1.29 is 52.4 Å². The molecule has 1 heterocycles. The summed E-state index contributed by atoms with van der Waals surface area (Å²) in [5.74, 6) is -2.28. The first-order valence-corrected chi connectivity index (χ1v) is 13.8. The van der Waals surface area contributed by atoms with E-state index in [1.165, 1.54) is 27.7 Å². The molecule has 1 aliphatic heterocycles. The van der Waals surface area contributed by atoms with Crippen LogP contribution in [-0.4, -0.2) is 72.6 Å². The van der Waals surface area contributed by atoms with Crippen LogP contribution in [0.2, 0.25) is 0 Å². The summed E-state index contributed by atoms with van der Waals surface area (Å²) < 4.78 is 34.5. The van der Waals surface area contributed by atoms with Gasteiger partial charge in [0.25, 0.3) is 0 Å². The van der Waals surface area contributed by atoms with Crippen LogP contribution in [0.5, 0.6) is 0 Å². The van der Waals surface area contributed by atoms with E-state index < -0.39 is 60.2 Å². The molecule has 0 aromatic heterocycles. The largest absolute Gasteiger partial charge is 0.463 e. The standard InChI is InChI=1S/C29H40O11/c1-13-11-19(34)23-21-18(9-10-29(23,8)22(13)21)28(6,7)40-27-26(38-17(5)33)25(37-16(4)32)24(36-15(3)31)20(39-27)12-35-14(2)30/h11,18,20-27H,9-10,12H2,1-8H3/t18?,20-,21?,22?,23?,24-,25+,26-,27+,29?/m1/s1. The summed E-state index contributed by atoms with van der Waals surface area (Å²) in [7, 11) is 0. The van der Waals surface area contributed by atoms with E-state index in [4.69, 9.17) is 28.4 Å². The fourth-order valence-corrected chi connectivity index (χ4v) is 7.80. The van der Waals surface area contributed by atoms with Gasteiger partial charge in [-0.15, -0.1) is 0 Å².